The fourth-order valence-electron chi connectivity index (χ4n) is 0.605. The van der Waals surface area contributed by atoms with Gasteiger partial charge in [-0.15, -0.1) is 0 Å². The molecule has 1 rings (SSSR count). The molecule has 3 nitrogen and oxygen atoms in total. The van der Waals surface area contributed by atoms with Crippen LogP contribution in [0, 0.1) is 6.07 Å². The normalized spacial score (nSPS) is 9.31. The molecule has 0 saturated carbocycles. The van der Waals surface area contributed by atoms with Gasteiger partial charge in [-0.1, -0.05) is 6.21 Å². The molecule has 65 valence electrons. The maximum Gasteiger partial charge on any atom is 0.256 e. The minimum atomic E-state index is -0.591. The van der Waals surface area contributed by atoms with Gasteiger partial charge in [0.2, 0.25) is 0 Å². The van der Waals surface area contributed by atoms with Crippen molar-refractivity contribution >= 4 is 17.9 Å². The van der Waals surface area contributed by atoms with Gasteiger partial charge in [0.25, 0.3) is 5.97 Å². The summed E-state index contributed by atoms with van der Waals surface area (Å²) in [5.41, 5.74) is 0.558. The van der Waals surface area contributed by atoms with Crippen LogP contribution in [-0.2, 0) is 42.2 Å². The van der Waals surface area contributed by atoms with Crippen LogP contribution in [0.2, 0.25) is 0 Å². The summed E-state index contributed by atoms with van der Waals surface area (Å²) in [6, 6.07) is 9.85. The minimum Gasteiger partial charge on any atom is -0.479 e. The van der Waals surface area contributed by atoms with Gasteiger partial charge in [0.15, 0.2) is 0 Å². The number of carbonyl (C=O) groups excluding carboxylic acids is 1. The van der Waals surface area contributed by atoms with E-state index in [0.717, 1.165) is 0 Å². The molecule has 0 aliphatic carbocycles. The molecule has 0 saturated heterocycles. The SMILES string of the molecule is COC(=O)[C-]=Nc1[c-]cccc1.[Y]. The van der Waals surface area contributed by atoms with Crippen molar-refractivity contribution in [3.8, 4) is 0 Å². The Kier molecular flexibility index (Phi) is 6.64. The maximum atomic E-state index is 10.5. The number of methoxy groups -OCH3 is 1. The fourth-order valence-corrected chi connectivity index (χ4v) is 0.605. The second-order valence-electron chi connectivity index (χ2n) is 1.96. The molecule has 0 unspecified atom stereocenters. The standard InChI is InChI=1S/C9H7NO2.Y/c1-12-9(11)7-10-8-5-3-2-4-6-8;/h2-5H,1H3;/q-2;. The van der Waals surface area contributed by atoms with Crippen molar-refractivity contribution in [1.82, 2.24) is 0 Å². The van der Waals surface area contributed by atoms with Crippen LogP contribution in [0.3, 0.4) is 0 Å². The van der Waals surface area contributed by atoms with E-state index < -0.39 is 5.97 Å². The molecule has 0 spiro atoms. The summed E-state index contributed by atoms with van der Waals surface area (Å²) in [6.45, 7) is 0. The van der Waals surface area contributed by atoms with E-state index in [0.29, 0.717) is 5.69 Å². The number of hydrogen-bond donors (Lipinski definition) is 0. The van der Waals surface area contributed by atoms with Crippen molar-refractivity contribution in [2.45, 2.75) is 0 Å². The van der Waals surface area contributed by atoms with E-state index in [4.69, 9.17) is 0 Å². The van der Waals surface area contributed by atoms with Crippen LogP contribution in [0.15, 0.2) is 29.3 Å². The molecule has 4 heteroatoms. The molecule has 0 N–H and O–H groups in total. The number of rotatable bonds is 2. The van der Waals surface area contributed by atoms with E-state index in [-0.39, 0.29) is 32.7 Å². The van der Waals surface area contributed by atoms with E-state index in [1.165, 1.54) is 7.11 Å². The number of nitrogens with zero attached hydrogens (tertiary/aromatic N) is 1. The number of aliphatic imine (C=N–C) groups is 1. The van der Waals surface area contributed by atoms with E-state index in [2.05, 4.69) is 22.0 Å². The van der Waals surface area contributed by atoms with Crippen molar-refractivity contribution in [2.24, 2.45) is 4.99 Å². The quantitative estimate of drug-likeness (QED) is 0.450. The molecule has 1 radical (unpaired) electrons. The Balaban J connectivity index is 0.00000144. The van der Waals surface area contributed by atoms with E-state index in [1.54, 1.807) is 18.2 Å². The van der Waals surface area contributed by atoms with Crippen molar-refractivity contribution in [3.63, 3.8) is 0 Å². The van der Waals surface area contributed by atoms with Gasteiger partial charge in [-0.2, -0.15) is 18.2 Å². The monoisotopic (exact) mass is 250 g/mol. The zero-order chi connectivity index (χ0) is 8.81. The number of para-hydroxylation sites is 1. The number of carbonyl (C=O) groups is 1. The van der Waals surface area contributed by atoms with Gasteiger partial charge < -0.3 is 9.73 Å². The summed E-state index contributed by atoms with van der Waals surface area (Å²) in [7, 11) is 1.28. The van der Waals surface area contributed by atoms with Crippen LogP contribution in [-0.4, -0.2) is 19.3 Å². The van der Waals surface area contributed by atoms with Crippen LogP contribution >= 0.6 is 0 Å². The summed E-state index contributed by atoms with van der Waals surface area (Å²) in [5, 5.41) is 0. The molecule has 13 heavy (non-hydrogen) atoms. The number of esters is 1. The van der Waals surface area contributed by atoms with Gasteiger partial charge in [-0.05, 0) is 0 Å². The third-order valence-electron chi connectivity index (χ3n) is 1.15. The smallest absolute Gasteiger partial charge is 0.256 e. The Bertz CT molecular complexity index is 285. The van der Waals surface area contributed by atoms with Crippen molar-refractivity contribution in [1.29, 1.82) is 0 Å². The van der Waals surface area contributed by atoms with E-state index in [9.17, 15) is 4.79 Å². The largest absolute Gasteiger partial charge is 0.479 e. The Hall–Kier alpha value is -0.536. The molecule has 0 amide bonds. The number of benzene rings is 1. The van der Waals surface area contributed by atoms with Crippen molar-refractivity contribution < 1.29 is 42.2 Å². The van der Waals surface area contributed by atoms with Crippen LogP contribution in [0.25, 0.3) is 0 Å². The first-order valence-corrected chi connectivity index (χ1v) is 3.34. The summed E-state index contributed by atoms with van der Waals surface area (Å²) in [4.78, 5) is 14.2. The van der Waals surface area contributed by atoms with Crippen molar-refractivity contribution in [2.75, 3.05) is 7.11 Å². The minimum absolute atomic E-state index is 0. The average molecular weight is 250 g/mol. The zero-order valence-electron chi connectivity index (χ0n) is 7.15. The Morgan fingerprint density at radius 2 is 2.38 bits per heavy atom. The zero-order valence-corrected chi connectivity index (χ0v) is 9.99. The first-order chi connectivity index (χ1) is 5.83. The maximum absolute atomic E-state index is 10.5. The van der Waals surface area contributed by atoms with Gasteiger partial charge in [0.05, 0.1) is 7.11 Å². The molecule has 1 aromatic rings. The first kappa shape index (κ1) is 12.5. The molecule has 1 aromatic carbocycles. The second kappa shape index (κ2) is 6.92. The molecule has 0 atom stereocenters. The van der Waals surface area contributed by atoms with Gasteiger partial charge in [0, 0.05) is 32.7 Å². The third kappa shape index (κ3) is 4.91. The second-order valence-corrected chi connectivity index (χ2v) is 1.96. The Labute approximate surface area is 102 Å². The number of ether oxygens (including phenoxy) is 1. The summed E-state index contributed by atoms with van der Waals surface area (Å²) < 4.78 is 4.31. The van der Waals surface area contributed by atoms with E-state index in [1.807, 2.05) is 6.07 Å². The van der Waals surface area contributed by atoms with Gasteiger partial charge in [-0.3, -0.25) is 10.9 Å². The molecule has 0 bridgehead atoms. The third-order valence-corrected chi connectivity index (χ3v) is 1.15. The van der Waals surface area contributed by atoms with Crippen LogP contribution in [0.5, 0.6) is 0 Å². The molecule has 0 aromatic heterocycles. The van der Waals surface area contributed by atoms with Crippen LogP contribution in [0.4, 0.5) is 5.69 Å². The van der Waals surface area contributed by atoms with Crippen molar-refractivity contribution in [3.05, 3.63) is 30.3 Å². The summed E-state index contributed by atoms with van der Waals surface area (Å²) >= 11 is 0. The predicted octanol–water partition coefficient (Wildman–Crippen LogP) is 1.24. The van der Waals surface area contributed by atoms with E-state index >= 15 is 0 Å². The predicted molar refractivity (Wildman–Crippen MR) is 44.4 cm³/mol. The van der Waals surface area contributed by atoms with Gasteiger partial charge in [-0.25, -0.2) is 11.8 Å². The Morgan fingerprint density at radius 1 is 1.62 bits per heavy atom. The van der Waals surface area contributed by atoms with Gasteiger partial charge >= 0.3 is 0 Å². The molecule has 0 heterocycles. The molecular weight excluding hydrogens is 243 g/mol. The van der Waals surface area contributed by atoms with Crippen LogP contribution in [0.1, 0.15) is 0 Å². The molecule has 0 aliphatic heterocycles. The molecular formula is C9H7NO2Y-2. The van der Waals surface area contributed by atoms with Crippen LogP contribution < -0.4 is 0 Å². The first-order valence-electron chi connectivity index (χ1n) is 3.34. The Morgan fingerprint density at radius 3 is 2.92 bits per heavy atom. The molecule has 0 aliphatic rings. The summed E-state index contributed by atoms with van der Waals surface area (Å²) in [5.74, 6) is -0.591. The molecule has 0 fully saturated rings. The number of hydrogen-bond acceptors (Lipinski definition) is 3. The average Bonchev–Trinajstić information content (AvgIpc) is 2.16. The summed E-state index contributed by atoms with van der Waals surface area (Å²) in [6.07, 6.45) is 2.18. The van der Waals surface area contributed by atoms with Gasteiger partial charge in [0.1, 0.15) is 0 Å². The fraction of sp³-hybridized carbons (Fsp3) is 0.111. The topological polar surface area (TPSA) is 38.7 Å².